The summed E-state index contributed by atoms with van der Waals surface area (Å²) in [6.45, 7) is 30.8. The molecular weight excluding hydrogens is 1410 g/mol. The minimum Gasteiger partial charge on any atom is -0.453 e. The molecule has 596 valence electrons. The van der Waals surface area contributed by atoms with Gasteiger partial charge < -0.3 is 59.6 Å². The van der Waals surface area contributed by atoms with E-state index in [4.69, 9.17) is 30.5 Å². The number of pyridine rings is 2. The molecule has 4 aromatic carbocycles. The van der Waals surface area contributed by atoms with Gasteiger partial charge in [-0.05, 0) is 109 Å². The molecule has 0 saturated heterocycles. The van der Waals surface area contributed by atoms with Crippen LogP contribution >= 0.6 is 11.6 Å². The van der Waals surface area contributed by atoms with Crippen molar-refractivity contribution < 1.29 is 67.1 Å². The molecule has 6 aromatic rings. The van der Waals surface area contributed by atoms with Gasteiger partial charge in [0.15, 0.2) is 0 Å². The summed E-state index contributed by atoms with van der Waals surface area (Å²) in [5, 5.41) is 26.8. The second-order valence-electron chi connectivity index (χ2n) is 31.2. The molecule has 7 N–H and O–H groups in total. The van der Waals surface area contributed by atoms with Crippen LogP contribution in [0.1, 0.15) is 146 Å². The number of aliphatic hydroxyl groups is 1. The summed E-state index contributed by atoms with van der Waals surface area (Å²) in [6.07, 6.45) is 0.980. The Kier molecular flexibility index (Phi) is 38.9. The molecule has 6 amide bonds. The lowest BCUT2D eigenvalue weighted by atomic mass is 9.77. The number of aromatic nitrogens is 2. The molecule has 0 spiro atoms. The maximum Gasteiger partial charge on any atom is 0.407 e. The van der Waals surface area contributed by atoms with E-state index in [2.05, 4.69) is 46.8 Å². The molecule has 2 heterocycles. The van der Waals surface area contributed by atoms with Crippen molar-refractivity contribution in [1.82, 2.24) is 52.1 Å². The molecule has 8 atom stereocenters. The Morgan fingerprint density at radius 1 is 0.459 bits per heavy atom. The summed E-state index contributed by atoms with van der Waals surface area (Å²) in [6, 6.07) is 43.2. The van der Waals surface area contributed by atoms with Crippen LogP contribution in [0.5, 0.6) is 0 Å². The number of benzene rings is 4. The fourth-order valence-corrected chi connectivity index (χ4v) is 11.9. The predicted molar refractivity (Wildman–Crippen MR) is 424 cm³/mol. The minimum absolute atomic E-state index is 0.0620. The molecule has 6 rings (SSSR count). The number of amides is 6. The van der Waals surface area contributed by atoms with Gasteiger partial charge in [0.25, 0.3) is 11.8 Å². The van der Waals surface area contributed by atoms with Gasteiger partial charge >= 0.3 is 12.2 Å². The summed E-state index contributed by atoms with van der Waals surface area (Å²) in [5.41, 5.74) is 10.7. The first-order valence-corrected chi connectivity index (χ1v) is 37.4. The highest BCUT2D eigenvalue weighted by atomic mass is 35.5. The number of halogens is 1. The second kappa shape index (κ2) is 45.8. The summed E-state index contributed by atoms with van der Waals surface area (Å²) in [7, 11) is 2.47. The SMILES string of the molecule is CCOCCl.CCOCO[C@@H](CN(Cc1ccc(-c2ccccn2)cc1)NC(=O)[C@H](NC(=O)OC)C(C)(C)C)C(Cc1ccccc1)NC(=O)[C@H](CC(C)=O)C(C)(C)C.COC(=O)N[C@@H](C(=O)NN(Cc1ccc(-c2ccccn2)cc1)C[C@H](O)C(Cc1ccccc1)NC(=O)[C@H](CC(C)=O)C(C)(C)C)C(C)(C)C. The number of ether oxygens (including phenoxy) is 5. The average Bonchev–Trinajstić information content (AvgIpc) is 0.837. The maximum atomic E-state index is 14.1. The van der Waals surface area contributed by atoms with Gasteiger partial charge in [-0.1, -0.05) is 216 Å². The third-order valence-electron chi connectivity index (χ3n) is 17.8. The summed E-state index contributed by atoms with van der Waals surface area (Å²) < 4.78 is 26.3. The molecule has 0 aliphatic carbocycles. The molecule has 24 nitrogen and oxygen atoms in total. The van der Waals surface area contributed by atoms with E-state index in [1.54, 1.807) is 22.4 Å². The number of hydrazine groups is 2. The highest BCUT2D eigenvalue weighted by Gasteiger charge is 2.40. The predicted octanol–water partition coefficient (Wildman–Crippen LogP) is 12.4. The molecule has 25 heteroatoms. The highest BCUT2D eigenvalue weighted by Crippen LogP contribution is 2.32. The lowest BCUT2D eigenvalue weighted by molar-refractivity contribution is -0.140. The molecular formula is C84H119ClN10O14. The van der Waals surface area contributed by atoms with Crippen LogP contribution in [0.4, 0.5) is 9.59 Å². The number of methoxy groups -OCH3 is 2. The third-order valence-corrected chi connectivity index (χ3v) is 17.9. The van der Waals surface area contributed by atoms with Gasteiger partial charge in [-0.25, -0.2) is 19.6 Å². The Morgan fingerprint density at radius 3 is 1.17 bits per heavy atom. The average molecular weight is 1530 g/mol. The number of carbonyl (C=O) groups is 8. The molecule has 2 aromatic heterocycles. The summed E-state index contributed by atoms with van der Waals surface area (Å²) in [4.78, 5) is 114. The van der Waals surface area contributed by atoms with E-state index in [1.165, 1.54) is 28.1 Å². The van der Waals surface area contributed by atoms with Crippen molar-refractivity contribution in [2.45, 2.75) is 186 Å². The van der Waals surface area contributed by atoms with Crippen LogP contribution < -0.4 is 32.1 Å². The zero-order valence-electron chi connectivity index (χ0n) is 67.0. The molecule has 0 fully saturated rings. The second-order valence-corrected chi connectivity index (χ2v) is 31.4. The van der Waals surface area contributed by atoms with E-state index in [0.717, 1.165) is 44.8 Å². The van der Waals surface area contributed by atoms with E-state index < -0.39 is 93.9 Å². The molecule has 0 bridgehead atoms. The number of Topliss-reactive ketones (excluding diaryl/α,β-unsaturated/α-hetero) is 2. The van der Waals surface area contributed by atoms with Crippen LogP contribution in [0.15, 0.2) is 158 Å². The summed E-state index contributed by atoms with van der Waals surface area (Å²) >= 11 is 5.08. The number of hydrogen-bond acceptors (Lipinski definition) is 18. The normalized spacial score (nSPS) is 13.9. The number of carbonyl (C=O) groups excluding carboxylic acids is 8. The maximum absolute atomic E-state index is 14.1. The Morgan fingerprint density at radius 2 is 0.835 bits per heavy atom. The largest absolute Gasteiger partial charge is 0.453 e. The van der Waals surface area contributed by atoms with E-state index in [9.17, 15) is 43.5 Å². The van der Waals surface area contributed by atoms with Crippen molar-refractivity contribution in [3.63, 3.8) is 0 Å². The Hall–Kier alpha value is -9.01. The fraction of sp³-hybridized carbons (Fsp3) is 0.500. The van der Waals surface area contributed by atoms with Crippen LogP contribution in [-0.2, 0) is 78.4 Å². The van der Waals surface area contributed by atoms with Gasteiger partial charge in [-0.15, -0.1) is 0 Å². The number of aliphatic hydroxyl groups excluding tert-OH is 1. The van der Waals surface area contributed by atoms with Crippen molar-refractivity contribution in [3.05, 3.63) is 180 Å². The fourth-order valence-electron chi connectivity index (χ4n) is 11.7. The topological polar surface area (TPSA) is 307 Å². The van der Waals surface area contributed by atoms with Crippen molar-refractivity contribution in [2.24, 2.45) is 33.5 Å². The van der Waals surface area contributed by atoms with E-state index >= 15 is 0 Å². The van der Waals surface area contributed by atoms with Gasteiger partial charge in [0, 0.05) is 87.6 Å². The number of nitrogens with zero attached hydrogens (tertiary/aromatic N) is 4. The van der Waals surface area contributed by atoms with Crippen molar-refractivity contribution in [2.75, 3.05) is 53.4 Å². The lowest BCUT2D eigenvalue weighted by Crippen LogP contribution is -2.60. The van der Waals surface area contributed by atoms with Crippen LogP contribution in [0.2, 0.25) is 0 Å². The van der Waals surface area contributed by atoms with Gasteiger partial charge in [-0.2, -0.15) is 0 Å². The van der Waals surface area contributed by atoms with E-state index in [-0.39, 0.29) is 69.2 Å². The number of hydrogen-bond donors (Lipinski definition) is 7. The Labute approximate surface area is 650 Å². The van der Waals surface area contributed by atoms with E-state index in [1.807, 2.05) is 243 Å². The van der Waals surface area contributed by atoms with Gasteiger partial charge in [0.1, 0.15) is 36.5 Å². The Bertz CT molecular complexity index is 3720. The van der Waals surface area contributed by atoms with Crippen molar-refractivity contribution in [3.8, 4) is 22.5 Å². The first-order chi connectivity index (χ1) is 51.4. The molecule has 0 saturated carbocycles. The lowest BCUT2D eigenvalue weighted by Gasteiger charge is -2.37. The zero-order chi connectivity index (χ0) is 81.1. The van der Waals surface area contributed by atoms with Crippen molar-refractivity contribution >= 4 is 59.0 Å². The number of rotatable bonds is 36. The number of nitrogens with one attached hydrogen (secondary N) is 6. The number of alkyl carbamates (subject to hydrolysis) is 2. The van der Waals surface area contributed by atoms with Crippen LogP contribution in [0.3, 0.4) is 0 Å². The molecule has 0 aliphatic rings. The first kappa shape index (κ1) is 92.4. The Balaban J connectivity index is 0.000000434. The van der Waals surface area contributed by atoms with Crippen LogP contribution in [0.25, 0.3) is 22.5 Å². The minimum atomic E-state index is -1.16. The zero-order valence-corrected chi connectivity index (χ0v) is 67.8. The molecule has 109 heavy (non-hydrogen) atoms. The smallest absolute Gasteiger partial charge is 0.407 e. The van der Waals surface area contributed by atoms with Gasteiger partial charge in [-0.3, -0.25) is 40.0 Å². The quantitative estimate of drug-likeness (QED) is 0.00832. The van der Waals surface area contributed by atoms with E-state index in [0.29, 0.717) is 32.1 Å². The van der Waals surface area contributed by atoms with Gasteiger partial charge in [0.2, 0.25) is 11.8 Å². The molecule has 0 aliphatic heterocycles. The summed E-state index contributed by atoms with van der Waals surface area (Å²) in [5.74, 6) is -2.94. The van der Waals surface area contributed by atoms with Crippen LogP contribution in [-0.4, -0.2) is 162 Å². The third kappa shape index (κ3) is 33.8. The number of alkyl halides is 1. The number of ketones is 2. The van der Waals surface area contributed by atoms with Crippen molar-refractivity contribution in [1.29, 1.82) is 0 Å². The van der Waals surface area contributed by atoms with Crippen LogP contribution in [0, 0.1) is 33.5 Å². The molecule has 2 unspecified atom stereocenters. The molecule has 0 radical (unpaired) electrons. The first-order valence-electron chi connectivity index (χ1n) is 36.9. The van der Waals surface area contributed by atoms with Gasteiger partial charge in [0.05, 0.1) is 49.9 Å². The standard InChI is InChI=1S/C42H59N5O7.C39H53N5O6.C3H7ClO/c1-10-53-28-54-36(35(25-30-16-12-11-13-17-30)44-38(49)33(24-29(2)48)41(3,4)5)27-47(46-39(50)37(42(6,7)8)45-40(51)52-9)26-31-19-21-32(22-20-31)34-18-14-15-23-43-34;1-26(45)22-30(38(2,3)4)35(47)41-32(23-27-14-10-9-11-15-27)33(46)25-44(43-36(48)34(39(5,6)7)42-37(49)50-8)24-28-17-19-29(20-18-28)31-16-12-13-21-40-31;1-2-5-3-4/h11-23,33,35-37H,10,24-28H2,1-9H3,(H,44,49)(H,45,51)(H,46,50);9-21,30,32-34,46H,22-25H2,1-8H3,(H,41,47)(H,42,49)(H,43,48);2-3H2,1H3/t33-,35?,36-,37-;30-,32?,33-,34-;/m00./s1. The monoisotopic (exact) mass is 1530 g/mol. The highest BCUT2D eigenvalue weighted by molar-refractivity contribution is 6.17.